The molecule has 2 aromatic carbocycles. The van der Waals surface area contributed by atoms with Crippen molar-refractivity contribution in [3.8, 4) is 11.4 Å². The van der Waals surface area contributed by atoms with Crippen LogP contribution >= 0.6 is 11.8 Å². The Bertz CT molecular complexity index is 835. The number of halogens is 3. The van der Waals surface area contributed by atoms with Gasteiger partial charge in [-0.05, 0) is 36.8 Å². The van der Waals surface area contributed by atoms with Crippen molar-refractivity contribution in [2.75, 3.05) is 0 Å². The summed E-state index contributed by atoms with van der Waals surface area (Å²) >= 11 is 1.27. The Kier molecular flexibility index (Phi) is 4.38. The van der Waals surface area contributed by atoms with Gasteiger partial charge in [-0.25, -0.2) is 18.2 Å². The number of nitrogens with one attached hydrogen (secondary N) is 1. The van der Waals surface area contributed by atoms with Crippen molar-refractivity contribution < 1.29 is 13.2 Å². The second kappa shape index (κ2) is 6.45. The van der Waals surface area contributed by atoms with Crippen LogP contribution in [0.2, 0.25) is 0 Å². The van der Waals surface area contributed by atoms with E-state index in [1.807, 2.05) is 6.92 Å². The van der Waals surface area contributed by atoms with Gasteiger partial charge < -0.3 is 0 Å². The summed E-state index contributed by atoms with van der Waals surface area (Å²) in [6, 6.07) is 9.99. The molecule has 0 spiro atoms. The van der Waals surface area contributed by atoms with E-state index in [9.17, 15) is 13.2 Å². The van der Waals surface area contributed by atoms with Crippen LogP contribution in [0.4, 0.5) is 13.2 Å². The van der Waals surface area contributed by atoms with Gasteiger partial charge in [0.05, 0.1) is 5.56 Å². The Hall–Kier alpha value is -2.28. The molecule has 7 heteroatoms. The highest BCUT2D eigenvalue weighted by Gasteiger charge is 2.15. The summed E-state index contributed by atoms with van der Waals surface area (Å²) in [6.07, 6.45) is 0. The summed E-state index contributed by atoms with van der Waals surface area (Å²) in [6.45, 7) is 1.83. The van der Waals surface area contributed by atoms with Crippen LogP contribution in [0.25, 0.3) is 11.4 Å². The lowest BCUT2D eigenvalue weighted by molar-refractivity contribution is 0.507. The molecular weight excluding hydrogens is 323 g/mol. The van der Waals surface area contributed by atoms with Crippen LogP contribution in [0, 0.1) is 17.5 Å². The molecule has 1 atom stereocenters. The molecule has 1 N–H and O–H groups in total. The highest BCUT2D eigenvalue weighted by atomic mass is 32.2. The maximum atomic E-state index is 13.7. The molecule has 0 saturated heterocycles. The third-order valence-corrected chi connectivity index (χ3v) is 4.31. The van der Waals surface area contributed by atoms with Gasteiger partial charge in [-0.2, -0.15) is 0 Å². The van der Waals surface area contributed by atoms with Crippen LogP contribution in [0.1, 0.15) is 17.7 Å². The first-order valence-electron chi connectivity index (χ1n) is 6.83. The molecule has 1 unspecified atom stereocenters. The van der Waals surface area contributed by atoms with Gasteiger partial charge in [0.25, 0.3) is 0 Å². The number of H-pyrrole nitrogens is 1. The molecule has 0 aliphatic rings. The van der Waals surface area contributed by atoms with E-state index >= 15 is 0 Å². The van der Waals surface area contributed by atoms with Crippen LogP contribution in [0.5, 0.6) is 0 Å². The summed E-state index contributed by atoms with van der Waals surface area (Å²) < 4.78 is 40.0. The van der Waals surface area contributed by atoms with E-state index in [1.54, 1.807) is 18.2 Å². The van der Waals surface area contributed by atoms with E-state index in [0.717, 1.165) is 12.1 Å². The number of nitrogens with zero attached hydrogens (tertiary/aromatic N) is 2. The van der Waals surface area contributed by atoms with Crippen LogP contribution in [-0.2, 0) is 0 Å². The smallest absolute Gasteiger partial charge is 0.209 e. The van der Waals surface area contributed by atoms with Gasteiger partial charge in [0, 0.05) is 5.25 Å². The third kappa shape index (κ3) is 3.39. The lowest BCUT2D eigenvalue weighted by atomic mass is 10.1. The summed E-state index contributed by atoms with van der Waals surface area (Å²) in [7, 11) is 0. The molecule has 0 amide bonds. The van der Waals surface area contributed by atoms with Crippen molar-refractivity contribution in [3.63, 3.8) is 0 Å². The normalized spacial score (nSPS) is 12.3. The zero-order valence-corrected chi connectivity index (χ0v) is 12.9. The monoisotopic (exact) mass is 335 g/mol. The van der Waals surface area contributed by atoms with E-state index in [0.29, 0.717) is 22.1 Å². The number of aromatic nitrogens is 3. The van der Waals surface area contributed by atoms with E-state index in [4.69, 9.17) is 0 Å². The van der Waals surface area contributed by atoms with E-state index < -0.39 is 17.5 Å². The third-order valence-electron chi connectivity index (χ3n) is 3.29. The Morgan fingerprint density at radius 3 is 2.52 bits per heavy atom. The molecule has 0 fully saturated rings. The lowest BCUT2D eigenvalue weighted by Gasteiger charge is -2.09. The summed E-state index contributed by atoms with van der Waals surface area (Å²) in [5.74, 6) is -1.85. The number of hydrogen-bond donors (Lipinski definition) is 1. The van der Waals surface area contributed by atoms with Crippen LogP contribution in [0.3, 0.4) is 0 Å². The Morgan fingerprint density at radius 2 is 1.78 bits per heavy atom. The van der Waals surface area contributed by atoms with Crippen LogP contribution < -0.4 is 0 Å². The average molecular weight is 335 g/mol. The summed E-state index contributed by atoms with van der Waals surface area (Å²) in [4.78, 5) is 4.24. The molecule has 0 radical (unpaired) electrons. The largest absolute Gasteiger partial charge is 0.258 e. The van der Waals surface area contributed by atoms with Crippen molar-refractivity contribution in [2.24, 2.45) is 0 Å². The number of hydrogen-bond acceptors (Lipinski definition) is 3. The predicted molar refractivity (Wildman–Crippen MR) is 82.4 cm³/mol. The van der Waals surface area contributed by atoms with Gasteiger partial charge in [-0.15, -0.1) is 5.10 Å². The highest BCUT2D eigenvalue weighted by molar-refractivity contribution is 7.99. The Labute approximate surface area is 135 Å². The minimum absolute atomic E-state index is 0.186. The van der Waals surface area contributed by atoms with Gasteiger partial charge >= 0.3 is 0 Å². The standard InChI is InChI=1S/C16H12F3N3S/c1-9(10-6-7-13(18)14(19)8-10)23-16-20-15(21-22-16)11-4-2-3-5-12(11)17/h2-9H,1H3,(H,20,21,22). The Morgan fingerprint density at radius 1 is 1.00 bits per heavy atom. The second-order valence-corrected chi connectivity index (χ2v) is 6.19. The van der Waals surface area contributed by atoms with E-state index in [-0.39, 0.29) is 5.25 Å². The summed E-state index contributed by atoms with van der Waals surface area (Å²) in [5.41, 5.74) is 0.943. The maximum Gasteiger partial charge on any atom is 0.209 e. The van der Waals surface area contributed by atoms with Gasteiger partial charge in [0.15, 0.2) is 17.5 Å². The van der Waals surface area contributed by atoms with Crippen LogP contribution in [0.15, 0.2) is 47.6 Å². The number of thioether (sulfide) groups is 1. The Balaban J connectivity index is 1.78. The zero-order valence-electron chi connectivity index (χ0n) is 12.1. The molecule has 0 aliphatic heterocycles. The predicted octanol–water partition coefficient (Wildman–Crippen LogP) is 4.74. The number of rotatable bonds is 4. The van der Waals surface area contributed by atoms with E-state index in [2.05, 4.69) is 15.2 Å². The average Bonchev–Trinajstić information content (AvgIpc) is 2.98. The topological polar surface area (TPSA) is 41.6 Å². The first-order valence-corrected chi connectivity index (χ1v) is 7.71. The molecule has 3 aromatic rings. The van der Waals surface area contributed by atoms with Gasteiger partial charge in [0.1, 0.15) is 5.82 Å². The van der Waals surface area contributed by atoms with Crippen molar-refractivity contribution in [1.29, 1.82) is 0 Å². The van der Waals surface area contributed by atoms with Gasteiger partial charge in [0.2, 0.25) is 5.16 Å². The van der Waals surface area contributed by atoms with Crippen molar-refractivity contribution >= 4 is 11.8 Å². The molecule has 1 heterocycles. The minimum Gasteiger partial charge on any atom is -0.258 e. The fourth-order valence-electron chi connectivity index (χ4n) is 2.06. The molecule has 0 bridgehead atoms. The fourth-order valence-corrected chi connectivity index (χ4v) is 2.91. The molecule has 0 saturated carbocycles. The zero-order chi connectivity index (χ0) is 16.4. The van der Waals surface area contributed by atoms with Gasteiger partial charge in [-0.3, -0.25) is 5.10 Å². The molecule has 118 valence electrons. The summed E-state index contributed by atoms with van der Waals surface area (Å²) in [5, 5.41) is 6.93. The molecular formula is C16H12F3N3S. The minimum atomic E-state index is -0.892. The quantitative estimate of drug-likeness (QED) is 0.700. The highest BCUT2D eigenvalue weighted by Crippen LogP contribution is 2.34. The molecule has 3 rings (SSSR count). The van der Waals surface area contributed by atoms with Crippen molar-refractivity contribution in [3.05, 3.63) is 65.5 Å². The van der Waals surface area contributed by atoms with Crippen molar-refractivity contribution in [2.45, 2.75) is 17.3 Å². The lowest BCUT2D eigenvalue weighted by Crippen LogP contribution is -1.93. The first-order chi connectivity index (χ1) is 11.0. The van der Waals surface area contributed by atoms with Gasteiger partial charge in [-0.1, -0.05) is 30.0 Å². The first kappa shape index (κ1) is 15.6. The number of aromatic amines is 1. The molecule has 23 heavy (non-hydrogen) atoms. The van der Waals surface area contributed by atoms with E-state index in [1.165, 1.54) is 23.9 Å². The maximum absolute atomic E-state index is 13.7. The molecule has 1 aromatic heterocycles. The van der Waals surface area contributed by atoms with Crippen LogP contribution in [-0.4, -0.2) is 15.2 Å². The SMILES string of the molecule is CC(Sc1n[nH]c(-c2ccccc2F)n1)c1ccc(F)c(F)c1. The molecule has 0 aliphatic carbocycles. The molecule has 3 nitrogen and oxygen atoms in total. The fraction of sp³-hybridized carbons (Fsp3) is 0.125. The van der Waals surface area contributed by atoms with Crippen molar-refractivity contribution in [1.82, 2.24) is 15.2 Å². The second-order valence-electron chi connectivity index (χ2n) is 4.88. The number of benzene rings is 2.